The highest BCUT2D eigenvalue weighted by molar-refractivity contribution is 6.79. The Balaban J connectivity index is 1.38. The first-order valence-corrected chi connectivity index (χ1v) is 18.7. The molecule has 10 aromatic rings. The van der Waals surface area contributed by atoms with Crippen LogP contribution in [0.3, 0.4) is 0 Å². The van der Waals surface area contributed by atoms with Crippen molar-refractivity contribution >= 4 is 88.0 Å². The van der Waals surface area contributed by atoms with Crippen LogP contribution in [0.1, 0.15) is 0 Å². The molecule has 2 aliphatic heterocycles. The minimum absolute atomic E-state index is 0.789. The lowest BCUT2D eigenvalue weighted by atomic mass is 10.3. The Morgan fingerprint density at radius 2 is 0.549 bits per heavy atom. The molecular weight excluding hydrogens is 649 g/mol. The van der Waals surface area contributed by atoms with Gasteiger partial charge in [-0.25, -0.2) is 19.9 Å². The second-order valence-electron chi connectivity index (χ2n) is 12.9. The van der Waals surface area contributed by atoms with Gasteiger partial charge in [0.15, 0.2) is 0 Å². The van der Waals surface area contributed by atoms with Crippen LogP contribution in [0.2, 0.25) is 0 Å². The van der Waals surface area contributed by atoms with Crippen molar-refractivity contribution in [1.29, 1.82) is 0 Å². The fourth-order valence-corrected chi connectivity index (χ4v) is 13.2. The van der Waals surface area contributed by atoms with Gasteiger partial charge in [0.2, 0.25) is 23.8 Å². The Morgan fingerprint density at radius 1 is 0.294 bits per heavy atom. The largest absolute Gasteiger partial charge is 0.531 e. The summed E-state index contributed by atoms with van der Waals surface area (Å²) in [7, 11) is -3.72. The van der Waals surface area contributed by atoms with Gasteiger partial charge in [0, 0.05) is 0 Å². The van der Waals surface area contributed by atoms with Crippen molar-refractivity contribution in [3.8, 4) is 0 Å². The number of benzene rings is 6. The molecule has 1 spiro atoms. The Hall–Kier alpha value is -6.98. The first kappa shape index (κ1) is 26.9. The van der Waals surface area contributed by atoms with Gasteiger partial charge in [-0.1, -0.05) is 84.9 Å². The molecule has 51 heavy (non-hydrogen) atoms. The van der Waals surface area contributed by atoms with Crippen LogP contribution in [0.5, 0.6) is 0 Å². The van der Waals surface area contributed by atoms with Crippen molar-refractivity contribution < 1.29 is 0 Å². The molecule has 10 nitrogen and oxygen atoms in total. The number of para-hydroxylation sites is 10. The van der Waals surface area contributed by atoms with Crippen molar-refractivity contribution in [3.63, 3.8) is 0 Å². The molecule has 0 fully saturated rings. The highest BCUT2D eigenvalue weighted by atomic mass is 28.4. The van der Waals surface area contributed by atoms with E-state index in [1.165, 1.54) is 0 Å². The third kappa shape index (κ3) is 3.26. The molecule has 6 heterocycles. The van der Waals surface area contributed by atoms with Crippen LogP contribution in [-0.4, -0.2) is 45.6 Å². The van der Waals surface area contributed by atoms with E-state index < -0.39 is 8.72 Å². The second kappa shape index (κ2) is 9.58. The first-order chi connectivity index (χ1) is 25.3. The van der Waals surface area contributed by atoms with Gasteiger partial charge < -0.3 is 0 Å². The van der Waals surface area contributed by atoms with E-state index in [9.17, 15) is 0 Å². The molecule has 11 heteroatoms. The Morgan fingerprint density at radius 3 is 0.843 bits per heavy atom. The van der Waals surface area contributed by atoms with E-state index in [2.05, 4.69) is 172 Å². The van der Waals surface area contributed by atoms with E-state index >= 15 is 0 Å². The highest BCUT2D eigenvalue weighted by Crippen LogP contribution is 2.52. The summed E-state index contributed by atoms with van der Waals surface area (Å²) in [4.78, 5) is 26.3. The van der Waals surface area contributed by atoms with E-state index in [4.69, 9.17) is 19.9 Å². The van der Waals surface area contributed by atoms with Crippen LogP contribution in [0, 0.1) is 0 Å². The number of anilines is 6. The number of aromatic nitrogens is 8. The Labute approximate surface area is 291 Å². The van der Waals surface area contributed by atoms with Crippen molar-refractivity contribution in [2.24, 2.45) is 0 Å². The van der Waals surface area contributed by atoms with Crippen LogP contribution in [0.25, 0.3) is 44.1 Å². The number of hydrogen-bond donors (Lipinski definition) is 0. The van der Waals surface area contributed by atoms with E-state index in [0.29, 0.717) is 0 Å². The lowest BCUT2D eigenvalue weighted by Crippen LogP contribution is -2.68. The summed E-state index contributed by atoms with van der Waals surface area (Å²) in [5, 5.41) is 0. The predicted octanol–water partition coefficient (Wildman–Crippen LogP) is 8.58. The molecule has 6 aromatic carbocycles. The zero-order chi connectivity index (χ0) is 33.3. The minimum Gasteiger partial charge on any atom is -0.282 e. The second-order valence-corrected chi connectivity index (χ2v) is 15.9. The molecule has 0 unspecified atom stereocenters. The average molecular weight is 675 g/mol. The maximum atomic E-state index is 5.47. The lowest BCUT2D eigenvalue weighted by molar-refractivity contribution is 0.783. The molecule has 0 N–H and O–H groups in total. The van der Waals surface area contributed by atoms with Gasteiger partial charge in [-0.05, 0) is 72.8 Å². The summed E-state index contributed by atoms with van der Waals surface area (Å²) in [5.74, 6) is 3.16. The van der Waals surface area contributed by atoms with Gasteiger partial charge >= 0.3 is 8.72 Å². The maximum absolute atomic E-state index is 5.47. The molecule has 2 aliphatic rings. The molecule has 0 aliphatic carbocycles. The Kier molecular flexibility index (Phi) is 5.06. The van der Waals surface area contributed by atoms with Crippen molar-refractivity contribution in [3.05, 3.63) is 158 Å². The maximum Gasteiger partial charge on any atom is 0.531 e. The quantitative estimate of drug-likeness (QED) is 0.171. The molecule has 0 bridgehead atoms. The van der Waals surface area contributed by atoms with Crippen LogP contribution in [-0.2, 0) is 0 Å². The molecule has 0 saturated carbocycles. The highest BCUT2D eigenvalue weighted by Gasteiger charge is 2.61. The van der Waals surface area contributed by atoms with Gasteiger partial charge in [-0.15, -0.1) is 0 Å². The molecule has 12 rings (SSSR count). The number of fused-ring (bicyclic) bond motifs is 16. The van der Waals surface area contributed by atoms with Crippen molar-refractivity contribution in [2.45, 2.75) is 0 Å². The minimum atomic E-state index is -3.72. The molecule has 0 amide bonds. The predicted molar refractivity (Wildman–Crippen MR) is 203 cm³/mol. The summed E-state index contributed by atoms with van der Waals surface area (Å²) in [6.45, 7) is 0. The Bertz CT molecular complexity index is 2640. The number of rotatable bonds is 2. The number of hydrogen-bond acceptors (Lipinski definition) is 6. The zero-order valence-corrected chi connectivity index (χ0v) is 28.0. The summed E-state index contributed by atoms with van der Waals surface area (Å²) in [5.41, 5.74) is 9.62. The summed E-state index contributed by atoms with van der Waals surface area (Å²) >= 11 is 0. The molecule has 0 radical (unpaired) electrons. The molecule has 0 saturated heterocycles. The molecule has 240 valence electrons. The molecule has 0 atom stereocenters. The molecule has 4 aromatic heterocycles. The lowest BCUT2D eigenvalue weighted by Gasteiger charge is -2.47. The number of imidazole rings is 4. The van der Waals surface area contributed by atoms with Gasteiger partial charge in [-0.3, -0.25) is 26.7 Å². The fraction of sp³-hybridized carbons (Fsp3) is 0. The first-order valence-electron chi connectivity index (χ1n) is 16.9. The topological polar surface area (TPSA) is 77.8 Å². The smallest absolute Gasteiger partial charge is 0.282 e. The monoisotopic (exact) mass is 674 g/mol. The van der Waals surface area contributed by atoms with Gasteiger partial charge in [-0.2, -0.15) is 0 Å². The van der Waals surface area contributed by atoms with Crippen LogP contribution < -0.4 is 9.80 Å². The summed E-state index contributed by atoms with van der Waals surface area (Å²) in [6.07, 6.45) is 0. The van der Waals surface area contributed by atoms with E-state index in [0.717, 1.165) is 79.3 Å². The zero-order valence-electron chi connectivity index (χ0n) is 27.0. The average Bonchev–Trinajstić information content (AvgIpc) is 3.96. The van der Waals surface area contributed by atoms with Crippen molar-refractivity contribution in [2.75, 3.05) is 9.80 Å². The van der Waals surface area contributed by atoms with E-state index in [-0.39, 0.29) is 0 Å². The third-order valence-corrected chi connectivity index (χ3v) is 14.4. The number of nitrogens with zero attached hydrogens (tertiary/aromatic N) is 10. The normalized spacial score (nSPS) is 14.4. The van der Waals surface area contributed by atoms with E-state index in [1.807, 2.05) is 12.1 Å². The van der Waals surface area contributed by atoms with E-state index in [1.54, 1.807) is 0 Å². The van der Waals surface area contributed by atoms with Gasteiger partial charge in [0.05, 0.1) is 55.5 Å². The van der Waals surface area contributed by atoms with Gasteiger partial charge in [0.25, 0.3) is 0 Å². The molecular formula is C40H26N10Si. The standard InChI is InChI=1S/C40H26N10Si/c1-3-15-27(16-4-1)45-37-41-29-19-7-11-23-33(29)47(37)51(48-34-24-12-8-20-30(34)42-38(45)48)49-35-25-13-9-21-31(35)43-39(49)46(28-17-5-2-6-18-28)40-44-32-22-10-14-26-36(32)50(40)51/h1-26H. The van der Waals surface area contributed by atoms with Crippen molar-refractivity contribution in [1.82, 2.24) is 36.9 Å². The third-order valence-electron chi connectivity index (χ3n) is 10.2. The fourth-order valence-electron chi connectivity index (χ4n) is 8.23. The van der Waals surface area contributed by atoms with Crippen LogP contribution in [0.4, 0.5) is 35.2 Å². The summed E-state index contributed by atoms with van der Waals surface area (Å²) in [6, 6.07) is 54.7. The van der Waals surface area contributed by atoms with Crippen LogP contribution in [0.15, 0.2) is 158 Å². The summed E-state index contributed by atoms with van der Waals surface area (Å²) < 4.78 is 9.98. The van der Waals surface area contributed by atoms with Crippen LogP contribution >= 0.6 is 0 Å². The SMILES string of the molecule is c1ccc(N2c3nc4ccccc4n3[Si]3(n4c2nc2ccccc24)n2c(nc4ccccc42)N(c2ccccc2)c2nc4ccccc4n23)cc1. The van der Waals surface area contributed by atoms with Gasteiger partial charge in [0.1, 0.15) is 0 Å².